The van der Waals surface area contributed by atoms with Gasteiger partial charge in [-0.15, -0.1) is 0 Å². The van der Waals surface area contributed by atoms with E-state index in [0.717, 1.165) is 45.2 Å². The van der Waals surface area contributed by atoms with Gasteiger partial charge in [0.15, 0.2) is 0 Å². The monoisotopic (exact) mass is 226 g/mol. The van der Waals surface area contributed by atoms with Crippen molar-refractivity contribution in [2.75, 3.05) is 13.1 Å². The molecule has 0 aromatic heterocycles. The number of aliphatic carboxylic acids is 1. The largest absolute Gasteiger partial charge is 0.480 e. The van der Waals surface area contributed by atoms with Crippen LogP contribution in [0.4, 0.5) is 0 Å². The molecule has 0 aromatic carbocycles. The molecule has 92 valence electrons. The van der Waals surface area contributed by atoms with Crippen LogP contribution in [-0.4, -0.2) is 40.6 Å². The standard InChI is InChI=1S/C12H22N2O2/c1-9-3-2-5-12(7-9,11(15)16)14-6-4-10(13)8-14/h9-10H,2-8,13H2,1H3,(H,15,16). The highest BCUT2D eigenvalue weighted by Gasteiger charge is 2.48. The van der Waals surface area contributed by atoms with Gasteiger partial charge in [0.2, 0.25) is 0 Å². The highest BCUT2D eigenvalue weighted by atomic mass is 16.4. The van der Waals surface area contributed by atoms with Crippen molar-refractivity contribution in [2.24, 2.45) is 11.7 Å². The van der Waals surface area contributed by atoms with Gasteiger partial charge in [-0.2, -0.15) is 0 Å². The molecule has 1 aliphatic heterocycles. The lowest BCUT2D eigenvalue weighted by molar-refractivity contribution is -0.154. The summed E-state index contributed by atoms with van der Waals surface area (Å²) >= 11 is 0. The number of likely N-dealkylation sites (tertiary alicyclic amines) is 1. The van der Waals surface area contributed by atoms with Crippen LogP contribution in [0.2, 0.25) is 0 Å². The average molecular weight is 226 g/mol. The van der Waals surface area contributed by atoms with Crippen LogP contribution >= 0.6 is 0 Å². The van der Waals surface area contributed by atoms with Gasteiger partial charge in [-0.1, -0.05) is 19.8 Å². The zero-order chi connectivity index (χ0) is 11.8. The van der Waals surface area contributed by atoms with Crippen molar-refractivity contribution >= 4 is 5.97 Å². The van der Waals surface area contributed by atoms with Crippen LogP contribution in [0.3, 0.4) is 0 Å². The van der Waals surface area contributed by atoms with Crippen LogP contribution < -0.4 is 5.73 Å². The summed E-state index contributed by atoms with van der Waals surface area (Å²) in [5.41, 5.74) is 5.27. The van der Waals surface area contributed by atoms with E-state index >= 15 is 0 Å². The molecule has 0 spiro atoms. The Hall–Kier alpha value is -0.610. The molecule has 3 atom stereocenters. The molecule has 0 aromatic rings. The normalized spacial score (nSPS) is 41.1. The molecule has 0 radical (unpaired) electrons. The fraction of sp³-hybridized carbons (Fsp3) is 0.917. The molecule has 2 fully saturated rings. The van der Waals surface area contributed by atoms with Crippen molar-refractivity contribution in [1.82, 2.24) is 4.90 Å². The van der Waals surface area contributed by atoms with E-state index in [-0.39, 0.29) is 6.04 Å². The molecule has 0 bridgehead atoms. The number of hydrogen-bond acceptors (Lipinski definition) is 3. The summed E-state index contributed by atoms with van der Waals surface area (Å²) in [6, 6.07) is 0.161. The third-order valence-corrected chi connectivity index (χ3v) is 4.20. The van der Waals surface area contributed by atoms with E-state index in [2.05, 4.69) is 11.8 Å². The summed E-state index contributed by atoms with van der Waals surface area (Å²) in [7, 11) is 0. The molecule has 2 rings (SSSR count). The second-order valence-electron chi connectivity index (χ2n) is 5.53. The van der Waals surface area contributed by atoms with Gasteiger partial charge in [0.1, 0.15) is 5.54 Å². The summed E-state index contributed by atoms with van der Waals surface area (Å²) in [4.78, 5) is 13.8. The Morgan fingerprint density at radius 1 is 1.50 bits per heavy atom. The molecule has 3 unspecified atom stereocenters. The number of rotatable bonds is 2. The highest BCUT2D eigenvalue weighted by molar-refractivity contribution is 5.79. The Kier molecular flexibility index (Phi) is 3.22. The summed E-state index contributed by atoms with van der Waals surface area (Å²) in [6.45, 7) is 3.76. The van der Waals surface area contributed by atoms with Crippen LogP contribution in [0.5, 0.6) is 0 Å². The van der Waals surface area contributed by atoms with Crippen molar-refractivity contribution in [3.05, 3.63) is 0 Å². The quantitative estimate of drug-likeness (QED) is 0.738. The number of nitrogens with two attached hydrogens (primary N) is 1. The SMILES string of the molecule is CC1CCCC(C(=O)O)(N2CCC(N)C2)C1. The second kappa shape index (κ2) is 4.34. The fourth-order valence-corrected chi connectivity index (χ4v) is 3.32. The van der Waals surface area contributed by atoms with Gasteiger partial charge in [0, 0.05) is 19.1 Å². The van der Waals surface area contributed by atoms with Gasteiger partial charge in [-0.25, -0.2) is 0 Å². The van der Waals surface area contributed by atoms with E-state index in [1.807, 2.05) is 0 Å². The van der Waals surface area contributed by atoms with E-state index in [1.165, 1.54) is 0 Å². The molecule has 2 aliphatic rings. The molecule has 1 saturated heterocycles. The maximum Gasteiger partial charge on any atom is 0.324 e. The molecule has 0 amide bonds. The first kappa shape index (κ1) is 11.9. The van der Waals surface area contributed by atoms with E-state index in [0.29, 0.717) is 5.92 Å². The second-order valence-corrected chi connectivity index (χ2v) is 5.53. The van der Waals surface area contributed by atoms with Crippen molar-refractivity contribution in [3.63, 3.8) is 0 Å². The van der Waals surface area contributed by atoms with Crippen LogP contribution in [-0.2, 0) is 4.79 Å². The third-order valence-electron chi connectivity index (χ3n) is 4.20. The number of carboxylic acids is 1. The molecule has 1 saturated carbocycles. The van der Waals surface area contributed by atoms with Gasteiger partial charge in [-0.05, 0) is 25.2 Å². The first-order valence-corrected chi connectivity index (χ1v) is 6.28. The minimum atomic E-state index is -0.645. The third kappa shape index (κ3) is 1.96. The predicted octanol–water partition coefficient (Wildman–Crippen LogP) is 1.05. The van der Waals surface area contributed by atoms with Gasteiger partial charge in [0.05, 0.1) is 0 Å². The molecular formula is C12H22N2O2. The van der Waals surface area contributed by atoms with Gasteiger partial charge in [0.25, 0.3) is 0 Å². The minimum absolute atomic E-state index is 0.161. The summed E-state index contributed by atoms with van der Waals surface area (Å²) in [5, 5.41) is 9.57. The molecule has 4 nitrogen and oxygen atoms in total. The summed E-state index contributed by atoms with van der Waals surface area (Å²) in [5.74, 6) is -0.130. The first-order chi connectivity index (χ1) is 7.54. The smallest absolute Gasteiger partial charge is 0.324 e. The summed E-state index contributed by atoms with van der Waals surface area (Å²) < 4.78 is 0. The molecule has 1 aliphatic carbocycles. The molecule has 3 N–H and O–H groups in total. The van der Waals surface area contributed by atoms with Crippen molar-refractivity contribution in [2.45, 2.75) is 50.6 Å². The molecular weight excluding hydrogens is 204 g/mol. The lowest BCUT2D eigenvalue weighted by Crippen LogP contribution is -2.56. The highest BCUT2D eigenvalue weighted by Crippen LogP contribution is 2.38. The van der Waals surface area contributed by atoms with Gasteiger partial charge < -0.3 is 10.8 Å². The van der Waals surface area contributed by atoms with Gasteiger partial charge >= 0.3 is 5.97 Å². The molecule has 1 heterocycles. The van der Waals surface area contributed by atoms with Crippen LogP contribution in [0.25, 0.3) is 0 Å². The molecule has 4 heteroatoms. The zero-order valence-corrected chi connectivity index (χ0v) is 9.98. The Balaban J connectivity index is 2.18. The maximum atomic E-state index is 11.6. The number of nitrogens with zero attached hydrogens (tertiary/aromatic N) is 1. The lowest BCUT2D eigenvalue weighted by Gasteiger charge is -2.43. The first-order valence-electron chi connectivity index (χ1n) is 6.28. The zero-order valence-electron chi connectivity index (χ0n) is 9.98. The Morgan fingerprint density at radius 2 is 2.25 bits per heavy atom. The molecule has 16 heavy (non-hydrogen) atoms. The van der Waals surface area contributed by atoms with Crippen molar-refractivity contribution in [1.29, 1.82) is 0 Å². The number of hydrogen-bond donors (Lipinski definition) is 2. The number of carbonyl (C=O) groups is 1. The Bertz CT molecular complexity index is 282. The maximum absolute atomic E-state index is 11.6. The van der Waals surface area contributed by atoms with Crippen LogP contribution in [0.1, 0.15) is 39.0 Å². The fourth-order valence-electron chi connectivity index (χ4n) is 3.32. The van der Waals surface area contributed by atoms with Crippen molar-refractivity contribution < 1.29 is 9.90 Å². The van der Waals surface area contributed by atoms with Crippen molar-refractivity contribution in [3.8, 4) is 0 Å². The predicted molar refractivity (Wildman–Crippen MR) is 62.2 cm³/mol. The topological polar surface area (TPSA) is 66.6 Å². The van der Waals surface area contributed by atoms with Gasteiger partial charge in [-0.3, -0.25) is 9.69 Å². The van der Waals surface area contributed by atoms with E-state index in [4.69, 9.17) is 5.73 Å². The van der Waals surface area contributed by atoms with Crippen LogP contribution in [0.15, 0.2) is 0 Å². The number of carboxylic acid groups (broad SMARTS) is 1. The lowest BCUT2D eigenvalue weighted by atomic mass is 9.75. The average Bonchev–Trinajstić information content (AvgIpc) is 2.65. The van der Waals surface area contributed by atoms with E-state index < -0.39 is 11.5 Å². The van der Waals surface area contributed by atoms with E-state index in [9.17, 15) is 9.90 Å². The van der Waals surface area contributed by atoms with E-state index in [1.54, 1.807) is 0 Å². The Morgan fingerprint density at radius 3 is 2.75 bits per heavy atom. The van der Waals surface area contributed by atoms with Crippen LogP contribution in [0, 0.1) is 5.92 Å². The summed E-state index contributed by atoms with van der Waals surface area (Å²) in [6.07, 6.45) is 4.70. The Labute approximate surface area is 96.8 Å². The minimum Gasteiger partial charge on any atom is -0.480 e.